The average Bonchev–Trinajstić information content (AvgIpc) is 3.30. The third-order valence-electron chi connectivity index (χ3n) is 4.39. The molecule has 0 aliphatic carbocycles. The molecule has 1 atom stereocenters. The van der Waals surface area contributed by atoms with Crippen molar-refractivity contribution < 1.29 is 22.7 Å². The first kappa shape index (κ1) is 23.1. The highest BCUT2D eigenvalue weighted by atomic mass is 35.5. The summed E-state index contributed by atoms with van der Waals surface area (Å²) < 4.78 is 38.7. The number of carbonyl (C=O) groups excluding carboxylic acids is 1. The number of halogens is 1. The van der Waals surface area contributed by atoms with Crippen molar-refractivity contribution in [3.63, 3.8) is 0 Å². The monoisotopic (exact) mass is 480 g/mol. The first-order valence-corrected chi connectivity index (χ1v) is 11.9. The van der Waals surface area contributed by atoms with Gasteiger partial charge in [0, 0.05) is 6.07 Å². The van der Waals surface area contributed by atoms with Crippen LogP contribution in [-0.2, 0) is 21.2 Å². The Hall–Kier alpha value is -2.59. The fourth-order valence-corrected chi connectivity index (χ4v) is 5.32. The van der Waals surface area contributed by atoms with Crippen molar-refractivity contribution in [3.8, 4) is 11.5 Å². The van der Waals surface area contributed by atoms with Gasteiger partial charge in [-0.25, -0.2) is 8.42 Å². The van der Waals surface area contributed by atoms with Crippen LogP contribution in [0.5, 0.6) is 11.5 Å². The Morgan fingerprint density at radius 1 is 1.06 bits per heavy atom. The number of carbonyl (C=O) groups is 1. The maximum absolute atomic E-state index is 13.1. The van der Waals surface area contributed by atoms with E-state index in [9.17, 15) is 13.2 Å². The zero-order valence-electron chi connectivity index (χ0n) is 16.8. The molecular weight excluding hydrogens is 460 g/mol. The lowest BCUT2D eigenvalue weighted by atomic mass is 10.1. The van der Waals surface area contributed by atoms with Gasteiger partial charge in [-0.3, -0.25) is 4.79 Å². The molecule has 1 aromatic heterocycles. The van der Waals surface area contributed by atoms with Gasteiger partial charge in [0.15, 0.2) is 0 Å². The molecule has 0 spiro atoms. The molecule has 31 heavy (non-hydrogen) atoms. The second-order valence-corrected chi connectivity index (χ2v) is 9.77. The van der Waals surface area contributed by atoms with Crippen LogP contribution in [-0.4, -0.2) is 34.6 Å². The Bertz CT molecular complexity index is 1140. The number of ether oxygens (including phenoxy) is 2. The Morgan fingerprint density at radius 3 is 2.39 bits per heavy atom. The minimum absolute atomic E-state index is 0.128. The summed E-state index contributed by atoms with van der Waals surface area (Å²) in [6.45, 7) is 0. The van der Waals surface area contributed by atoms with Crippen molar-refractivity contribution >= 4 is 44.6 Å². The zero-order valence-corrected chi connectivity index (χ0v) is 19.2. The summed E-state index contributed by atoms with van der Waals surface area (Å²) in [4.78, 5) is 13.1. The molecular formula is C21H21ClN2O5S2. The Balaban J connectivity index is 1.90. The van der Waals surface area contributed by atoms with Gasteiger partial charge in [0.25, 0.3) is 10.0 Å². The molecule has 2 N–H and O–H groups in total. The van der Waals surface area contributed by atoms with E-state index in [1.165, 1.54) is 26.4 Å². The molecule has 0 fully saturated rings. The minimum atomic E-state index is -3.88. The number of hydrogen-bond donors (Lipinski definition) is 2. The van der Waals surface area contributed by atoms with E-state index in [0.717, 1.165) is 16.9 Å². The smallest absolute Gasteiger partial charge is 0.250 e. The quantitative estimate of drug-likeness (QED) is 0.483. The van der Waals surface area contributed by atoms with Crippen LogP contribution >= 0.6 is 22.9 Å². The van der Waals surface area contributed by atoms with Crippen molar-refractivity contribution in [3.05, 3.63) is 70.6 Å². The number of sulfonamides is 1. The molecule has 0 unspecified atom stereocenters. The molecule has 0 aliphatic rings. The van der Waals surface area contributed by atoms with E-state index in [-0.39, 0.29) is 15.7 Å². The van der Waals surface area contributed by atoms with Crippen molar-refractivity contribution in [1.82, 2.24) is 4.72 Å². The van der Waals surface area contributed by atoms with E-state index in [0.29, 0.717) is 17.2 Å². The Morgan fingerprint density at radius 2 is 1.77 bits per heavy atom. The molecule has 0 bridgehead atoms. The molecule has 3 aromatic rings. The fraction of sp³-hybridized carbons (Fsp3) is 0.190. The number of thiophene rings is 1. The van der Waals surface area contributed by atoms with Gasteiger partial charge < -0.3 is 14.8 Å². The minimum Gasteiger partial charge on any atom is -0.495 e. The lowest BCUT2D eigenvalue weighted by molar-refractivity contribution is -0.117. The van der Waals surface area contributed by atoms with Crippen LogP contribution in [0.1, 0.15) is 5.56 Å². The van der Waals surface area contributed by atoms with Crippen LogP contribution in [0.25, 0.3) is 0 Å². The van der Waals surface area contributed by atoms with Gasteiger partial charge in [0.05, 0.1) is 24.9 Å². The summed E-state index contributed by atoms with van der Waals surface area (Å²) in [6.07, 6.45) is 0.156. The molecule has 0 saturated carbocycles. The van der Waals surface area contributed by atoms with E-state index in [1.54, 1.807) is 17.5 Å². The van der Waals surface area contributed by atoms with Gasteiger partial charge in [-0.15, -0.1) is 11.3 Å². The third-order valence-corrected chi connectivity index (χ3v) is 7.55. The SMILES string of the molecule is COc1cc(OC)c(NC(=O)[C@@H](Cc2ccccc2)NS(=O)(=O)c2cccs2)cc1Cl. The van der Waals surface area contributed by atoms with Gasteiger partial charge in [0.1, 0.15) is 21.8 Å². The van der Waals surface area contributed by atoms with Crippen LogP contribution in [0, 0.1) is 0 Å². The summed E-state index contributed by atoms with van der Waals surface area (Å²) in [6, 6.07) is 14.2. The second-order valence-electron chi connectivity index (χ2n) is 6.47. The summed E-state index contributed by atoms with van der Waals surface area (Å²) >= 11 is 7.26. The number of nitrogens with one attached hydrogen (secondary N) is 2. The number of anilines is 1. The normalized spacial score (nSPS) is 12.2. The lowest BCUT2D eigenvalue weighted by Gasteiger charge is -2.20. The molecule has 1 amide bonds. The second kappa shape index (κ2) is 10.1. The van der Waals surface area contributed by atoms with Crippen LogP contribution in [0.3, 0.4) is 0 Å². The highest BCUT2D eigenvalue weighted by Gasteiger charge is 2.27. The number of benzene rings is 2. The summed E-state index contributed by atoms with van der Waals surface area (Å²) in [7, 11) is -0.968. The van der Waals surface area contributed by atoms with Crippen LogP contribution < -0.4 is 19.5 Å². The molecule has 0 radical (unpaired) electrons. The van der Waals surface area contributed by atoms with E-state index < -0.39 is 22.0 Å². The van der Waals surface area contributed by atoms with Crippen molar-refractivity contribution in [2.75, 3.05) is 19.5 Å². The van der Waals surface area contributed by atoms with Crippen molar-refractivity contribution in [2.24, 2.45) is 0 Å². The topological polar surface area (TPSA) is 93.7 Å². The molecule has 164 valence electrons. The highest BCUT2D eigenvalue weighted by Crippen LogP contribution is 2.36. The molecule has 0 saturated heterocycles. The average molecular weight is 481 g/mol. The van der Waals surface area contributed by atoms with E-state index >= 15 is 0 Å². The van der Waals surface area contributed by atoms with Gasteiger partial charge in [-0.1, -0.05) is 48.0 Å². The first-order valence-electron chi connectivity index (χ1n) is 9.16. The maximum atomic E-state index is 13.1. The first-order chi connectivity index (χ1) is 14.8. The fourth-order valence-electron chi connectivity index (χ4n) is 2.88. The van der Waals surface area contributed by atoms with Gasteiger partial charge in [-0.2, -0.15) is 4.72 Å². The number of rotatable bonds is 9. The maximum Gasteiger partial charge on any atom is 0.250 e. The summed E-state index contributed by atoms with van der Waals surface area (Å²) in [5.74, 6) is 0.161. The molecule has 2 aromatic carbocycles. The van der Waals surface area contributed by atoms with E-state index in [1.807, 2.05) is 30.3 Å². The number of hydrogen-bond acceptors (Lipinski definition) is 6. The third kappa shape index (κ3) is 5.76. The standard InChI is InChI=1S/C21H21ClN2O5S2/c1-28-18-13-19(29-2)16(12-15(18)22)23-21(25)17(11-14-7-4-3-5-8-14)24-31(26,27)20-9-6-10-30-20/h3-10,12-13,17,24H,11H2,1-2H3,(H,23,25)/t17-/m1/s1. The van der Waals surface area contributed by atoms with Crippen LogP contribution in [0.4, 0.5) is 5.69 Å². The Labute approximate surface area is 190 Å². The predicted molar refractivity (Wildman–Crippen MR) is 122 cm³/mol. The van der Waals surface area contributed by atoms with E-state index in [2.05, 4.69) is 10.0 Å². The van der Waals surface area contributed by atoms with Crippen molar-refractivity contribution in [2.45, 2.75) is 16.7 Å². The molecule has 1 heterocycles. The van der Waals surface area contributed by atoms with Crippen molar-refractivity contribution in [1.29, 1.82) is 0 Å². The molecule has 7 nitrogen and oxygen atoms in total. The summed E-state index contributed by atoms with van der Waals surface area (Å²) in [5.41, 5.74) is 1.10. The number of methoxy groups -OCH3 is 2. The highest BCUT2D eigenvalue weighted by molar-refractivity contribution is 7.91. The Kier molecular flexibility index (Phi) is 7.55. The van der Waals surface area contributed by atoms with E-state index in [4.69, 9.17) is 21.1 Å². The van der Waals surface area contributed by atoms with Crippen LogP contribution in [0.2, 0.25) is 5.02 Å². The molecule has 3 rings (SSSR count). The summed E-state index contributed by atoms with van der Waals surface area (Å²) in [5, 5.41) is 4.65. The predicted octanol–water partition coefficient (Wildman–Crippen LogP) is 3.95. The van der Waals surface area contributed by atoms with Gasteiger partial charge in [-0.05, 0) is 29.5 Å². The van der Waals surface area contributed by atoms with Crippen LogP contribution in [0.15, 0.2) is 64.2 Å². The largest absolute Gasteiger partial charge is 0.495 e. The number of amides is 1. The molecule has 10 heteroatoms. The zero-order chi connectivity index (χ0) is 22.4. The molecule has 0 aliphatic heterocycles. The van der Waals surface area contributed by atoms with Gasteiger partial charge >= 0.3 is 0 Å². The lowest BCUT2D eigenvalue weighted by Crippen LogP contribution is -2.45. The van der Waals surface area contributed by atoms with Gasteiger partial charge in [0.2, 0.25) is 5.91 Å².